The van der Waals surface area contributed by atoms with Gasteiger partial charge in [0.15, 0.2) is 0 Å². The van der Waals surface area contributed by atoms with Crippen LogP contribution in [0.1, 0.15) is 37.9 Å². The number of hydrogen-bond donors (Lipinski definition) is 1. The number of aliphatic hydroxyl groups excluding tert-OH is 1. The molecular weight excluding hydrogens is 248 g/mol. The lowest BCUT2D eigenvalue weighted by molar-refractivity contribution is 0.0202. The van der Waals surface area contributed by atoms with E-state index in [2.05, 4.69) is 30.8 Å². The molecule has 0 aliphatic carbocycles. The third kappa shape index (κ3) is 3.60. The quantitative estimate of drug-likeness (QED) is 0.895. The van der Waals surface area contributed by atoms with Gasteiger partial charge in [-0.2, -0.15) is 0 Å². The number of hydrogen-bond acceptors (Lipinski definition) is 3. The highest BCUT2D eigenvalue weighted by Crippen LogP contribution is 2.26. The molecule has 1 aliphatic rings. The number of likely N-dealkylation sites (tertiary alicyclic amines) is 1. The number of benzene rings is 1. The number of nitrogens with zero attached hydrogens (tertiary/aromatic N) is 2. The number of piperidine rings is 1. The van der Waals surface area contributed by atoms with Crippen LogP contribution in [0.3, 0.4) is 0 Å². The highest BCUT2D eigenvalue weighted by Gasteiger charge is 2.29. The van der Waals surface area contributed by atoms with Crippen LogP contribution in [0.5, 0.6) is 0 Å². The second-order valence-electron chi connectivity index (χ2n) is 6.03. The maximum absolute atomic E-state index is 10.7. The van der Waals surface area contributed by atoms with Crippen molar-refractivity contribution in [3.05, 3.63) is 35.9 Å². The van der Waals surface area contributed by atoms with Crippen molar-refractivity contribution in [3.8, 4) is 0 Å². The average molecular weight is 276 g/mol. The fourth-order valence-electron chi connectivity index (χ4n) is 3.28. The molecule has 1 fully saturated rings. The Labute approximate surface area is 123 Å². The van der Waals surface area contributed by atoms with Gasteiger partial charge in [-0.3, -0.25) is 4.90 Å². The summed E-state index contributed by atoms with van der Waals surface area (Å²) in [5, 5.41) is 10.7. The first-order chi connectivity index (χ1) is 9.63. The summed E-state index contributed by atoms with van der Waals surface area (Å²) in [6.45, 7) is 4.49. The Balaban J connectivity index is 2.03. The van der Waals surface area contributed by atoms with Crippen LogP contribution in [-0.2, 0) is 0 Å². The maximum Gasteiger partial charge on any atom is 0.0945 e. The molecule has 1 heterocycles. The minimum absolute atomic E-state index is 0.200. The van der Waals surface area contributed by atoms with Gasteiger partial charge in [0.1, 0.15) is 0 Å². The predicted molar refractivity (Wildman–Crippen MR) is 83.8 cm³/mol. The monoisotopic (exact) mass is 276 g/mol. The number of aliphatic hydroxyl groups is 1. The Hall–Kier alpha value is -0.900. The summed E-state index contributed by atoms with van der Waals surface area (Å²) in [6, 6.07) is 10.8. The van der Waals surface area contributed by atoms with Crippen molar-refractivity contribution < 1.29 is 5.11 Å². The molecule has 0 aromatic heterocycles. The van der Waals surface area contributed by atoms with Gasteiger partial charge in [0.2, 0.25) is 0 Å². The summed E-state index contributed by atoms with van der Waals surface area (Å²) < 4.78 is 0. The first-order valence-corrected chi connectivity index (χ1v) is 7.77. The van der Waals surface area contributed by atoms with Crippen molar-refractivity contribution in [3.63, 3.8) is 0 Å². The lowest BCUT2D eigenvalue weighted by Crippen LogP contribution is -2.48. The van der Waals surface area contributed by atoms with Gasteiger partial charge in [-0.1, -0.05) is 37.3 Å². The molecule has 3 heteroatoms. The van der Waals surface area contributed by atoms with Crippen LogP contribution in [-0.4, -0.2) is 54.2 Å². The first kappa shape index (κ1) is 15.5. The summed E-state index contributed by atoms with van der Waals surface area (Å²) in [4.78, 5) is 4.80. The molecule has 1 saturated heterocycles. The molecule has 1 N–H and O–H groups in total. The number of likely N-dealkylation sites (N-methyl/N-ethyl adjacent to an activating group) is 1. The van der Waals surface area contributed by atoms with Gasteiger partial charge in [0.25, 0.3) is 0 Å². The van der Waals surface area contributed by atoms with Gasteiger partial charge < -0.3 is 10.0 Å². The standard InChI is InChI=1S/C17H28N2O/c1-4-16(17(20)14-8-6-5-7-9-14)19(3)15-10-12-18(2)13-11-15/h5-9,15-17,20H,4,10-13H2,1-3H3. The Morgan fingerprint density at radius 2 is 1.85 bits per heavy atom. The summed E-state index contributed by atoms with van der Waals surface area (Å²) >= 11 is 0. The Bertz CT molecular complexity index is 387. The highest BCUT2D eigenvalue weighted by molar-refractivity contribution is 5.19. The lowest BCUT2D eigenvalue weighted by atomic mass is 9.95. The largest absolute Gasteiger partial charge is 0.387 e. The molecule has 1 aliphatic heterocycles. The summed E-state index contributed by atoms with van der Waals surface area (Å²) in [7, 11) is 4.36. The summed E-state index contributed by atoms with van der Waals surface area (Å²) in [6.07, 6.45) is 2.97. The van der Waals surface area contributed by atoms with Gasteiger partial charge in [-0.25, -0.2) is 0 Å². The Kier molecular flexibility index (Phi) is 5.58. The van der Waals surface area contributed by atoms with Gasteiger partial charge in [0, 0.05) is 12.1 Å². The minimum atomic E-state index is -0.397. The smallest absolute Gasteiger partial charge is 0.0945 e. The molecule has 0 amide bonds. The maximum atomic E-state index is 10.7. The highest BCUT2D eigenvalue weighted by atomic mass is 16.3. The van der Waals surface area contributed by atoms with Crippen LogP contribution in [0.4, 0.5) is 0 Å². The Morgan fingerprint density at radius 3 is 2.40 bits per heavy atom. The second-order valence-corrected chi connectivity index (χ2v) is 6.03. The zero-order valence-electron chi connectivity index (χ0n) is 13.0. The molecular formula is C17H28N2O. The van der Waals surface area contributed by atoms with Crippen LogP contribution >= 0.6 is 0 Å². The summed E-state index contributed by atoms with van der Waals surface area (Å²) in [5.41, 5.74) is 1.03. The zero-order valence-corrected chi connectivity index (χ0v) is 13.0. The van der Waals surface area contributed by atoms with Crippen molar-refractivity contribution in [2.24, 2.45) is 0 Å². The topological polar surface area (TPSA) is 26.7 Å². The van der Waals surface area contributed by atoms with E-state index in [0.29, 0.717) is 6.04 Å². The molecule has 2 atom stereocenters. The van der Waals surface area contributed by atoms with E-state index in [1.54, 1.807) is 0 Å². The normalized spacial score (nSPS) is 21.1. The average Bonchev–Trinajstić information content (AvgIpc) is 2.49. The molecule has 3 nitrogen and oxygen atoms in total. The van der Waals surface area contributed by atoms with E-state index in [4.69, 9.17) is 0 Å². The molecule has 112 valence electrons. The Morgan fingerprint density at radius 1 is 1.25 bits per heavy atom. The molecule has 2 unspecified atom stereocenters. The summed E-state index contributed by atoms with van der Waals surface area (Å²) in [5.74, 6) is 0. The molecule has 0 radical (unpaired) electrons. The van der Waals surface area contributed by atoms with Gasteiger partial charge in [0.05, 0.1) is 6.10 Å². The molecule has 2 rings (SSSR count). The van der Waals surface area contributed by atoms with E-state index in [0.717, 1.165) is 25.1 Å². The van der Waals surface area contributed by atoms with E-state index >= 15 is 0 Å². The molecule has 1 aromatic carbocycles. The van der Waals surface area contributed by atoms with Crippen molar-refractivity contribution in [1.82, 2.24) is 9.80 Å². The third-order valence-corrected chi connectivity index (χ3v) is 4.71. The van der Waals surface area contributed by atoms with Gasteiger partial charge in [-0.05, 0) is 52.0 Å². The van der Waals surface area contributed by atoms with E-state index in [1.807, 2.05) is 30.3 Å². The molecule has 20 heavy (non-hydrogen) atoms. The van der Waals surface area contributed by atoms with E-state index in [1.165, 1.54) is 12.8 Å². The van der Waals surface area contributed by atoms with Crippen molar-refractivity contribution in [2.45, 2.75) is 44.4 Å². The molecule has 0 spiro atoms. The fraction of sp³-hybridized carbons (Fsp3) is 0.647. The van der Waals surface area contributed by atoms with Crippen LogP contribution in [0.15, 0.2) is 30.3 Å². The molecule has 0 bridgehead atoms. The van der Waals surface area contributed by atoms with Crippen molar-refractivity contribution >= 4 is 0 Å². The number of rotatable bonds is 5. The second kappa shape index (κ2) is 7.21. The predicted octanol–water partition coefficient (Wildman–Crippen LogP) is 2.52. The van der Waals surface area contributed by atoms with Crippen LogP contribution < -0.4 is 0 Å². The molecule has 0 saturated carbocycles. The lowest BCUT2D eigenvalue weighted by Gasteiger charge is -2.41. The van der Waals surface area contributed by atoms with Crippen LogP contribution in [0.25, 0.3) is 0 Å². The van der Waals surface area contributed by atoms with E-state index < -0.39 is 6.10 Å². The van der Waals surface area contributed by atoms with Crippen molar-refractivity contribution in [1.29, 1.82) is 0 Å². The van der Waals surface area contributed by atoms with Crippen molar-refractivity contribution in [2.75, 3.05) is 27.2 Å². The van der Waals surface area contributed by atoms with E-state index in [9.17, 15) is 5.11 Å². The van der Waals surface area contributed by atoms with Gasteiger partial charge in [-0.15, -0.1) is 0 Å². The van der Waals surface area contributed by atoms with Crippen LogP contribution in [0.2, 0.25) is 0 Å². The zero-order chi connectivity index (χ0) is 14.5. The SMILES string of the molecule is CCC(C(O)c1ccccc1)N(C)C1CCN(C)CC1. The van der Waals surface area contributed by atoms with Crippen LogP contribution in [0, 0.1) is 0 Å². The first-order valence-electron chi connectivity index (χ1n) is 7.77. The van der Waals surface area contributed by atoms with Gasteiger partial charge >= 0.3 is 0 Å². The third-order valence-electron chi connectivity index (χ3n) is 4.71. The fourth-order valence-corrected chi connectivity index (χ4v) is 3.28. The van der Waals surface area contributed by atoms with E-state index in [-0.39, 0.29) is 6.04 Å². The molecule has 1 aromatic rings. The minimum Gasteiger partial charge on any atom is -0.387 e.